The molecule has 2 heterocycles. The van der Waals surface area contributed by atoms with E-state index in [0.29, 0.717) is 11.1 Å². The summed E-state index contributed by atoms with van der Waals surface area (Å²) in [7, 11) is 0. The molecule has 10 nitrogen and oxygen atoms in total. The van der Waals surface area contributed by atoms with E-state index >= 15 is 0 Å². The van der Waals surface area contributed by atoms with Crippen molar-refractivity contribution in [2.75, 3.05) is 0 Å². The van der Waals surface area contributed by atoms with Gasteiger partial charge in [0.2, 0.25) is 5.91 Å². The Balaban J connectivity index is 1.85. The quantitative estimate of drug-likeness (QED) is 0.507. The lowest BCUT2D eigenvalue weighted by Crippen LogP contribution is -2.48. The number of benzene rings is 1. The molecule has 1 aromatic carbocycles. The van der Waals surface area contributed by atoms with Crippen LogP contribution in [0.3, 0.4) is 0 Å². The van der Waals surface area contributed by atoms with Crippen molar-refractivity contribution in [1.29, 1.82) is 0 Å². The lowest BCUT2D eigenvalue weighted by atomic mass is 10.0. The molecule has 0 saturated heterocycles. The first kappa shape index (κ1) is 21.8. The zero-order chi connectivity index (χ0) is 22.7. The zero-order valence-corrected chi connectivity index (χ0v) is 17.2. The SMILES string of the molecule is Cc1cc(CNC(=O)c2cc(C(=O)N[C@@H](C(N)=O)C(C)C)n3ncnc3n2)ccc1F. The van der Waals surface area contributed by atoms with E-state index in [2.05, 4.69) is 25.7 Å². The van der Waals surface area contributed by atoms with Crippen molar-refractivity contribution in [3.05, 3.63) is 58.9 Å². The summed E-state index contributed by atoms with van der Waals surface area (Å²) in [4.78, 5) is 45.1. The second-order valence-corrected chi connectivity index (χ2v) is 7.36. The lowest BCUT2D eigenvalue weighted by Gasteiger charge is -2.19. The van der Waals surface area contributed by atoms with Crippen LogP contribution in [-0.4, -0.2) is 43.3 Å². The molecule has 0 aliphatic carbocycles. The van der Waals surface area contributed by atoms with E-state index in [0.717, 1.165) is 4.52 Å². The lowest BCUT2D eigenvalue weighted by molar-refractivity contribution is -0.120. The highest BCUT2D eigenvalue weighted by atomic mass is 19.1. The zero-order valence-electron chi connectivity index (χ0n) is 17.2. The van der Waals surface area contributed by atoms with Crippen LogP contribution >= 0.6 is 0 Å². The monoisotopic (exact) mass is 427 g/mol. The minimum Gasteiger partial charge on any atom is -0.368 e. The normalized spacial score (nSPS) is 12.0. The molecule has 0 unspecified atom stereocenters. The van der Waals surface area contributed by atoms with E-state index in [1.54, 1.807) is 32.9 Å². The Morgan fingerprint density at radius 3 is 2.58 bits per heavy atom. The topological polar surface area (TPSA) is 144 Å². The smallest absolute Gasteiger partial charge is 0.270 e. The molecule has 3 amide bonds. The largest absolute Gasteiger partial charge is 0.368 e. The molecule has 0 aliphatic heterocycles. The third-order valence-corrected chi connectivity index (χ3v) is 4.65. The summed E-state index contributed by atoms with van der Waals surface area (Å²) in [6, 6.07) is 4.86. The fourth-order valence-electron chi connectivity index (χ4n) is 2.96. The number of rotatable bonds is 7. The molecule has 0 saturated carbocycles. The number of nitrogens with one attached hydrogen (secondary N) is 2. The van der Waals surface area contributed by atoms with E-state index in [1.807, 2.05) is 0 Å². The molecule has 11 heteroatoms. The van der Waals surface area contributed by atoms with Crippen molar-refractivity contribution in [2.24, 2.45) is 11.7 Å². The fraction of sp³-hybridized carbons (Fsp3) is 0.300. The Morgan fingerprint density at radius 1 is 1.19 bits per heavy atom. The Labute approximate surface area is 177 Å². The molecule has 0 fully saturated rings. The van der Waals surface area contributed by atoms with Crippen LogP contribution in [0.15, 0.2) is 30.6 Å². The van der Waals surface area contributed by atoms with Gasteiger partial charge < -0.3 is 16.4 Å². The van der Waals surface area contributed by atoms with Crippen molar-refractivity contribution in [2.45, 2.75) is 33.4 Å². The maximum absolute atomic E-state index is 13.4. The van der Waals surface area contributed by atoms with Gasteiger partial charge in [-0.2, -0.15) is 14.6 Å². The van der Waals surface area contributed by atoms with Crippen LogP contribution in [0.1, 0.15) is 46.0 Å². The highest BCUT2D eigenvalue weighted by molar-refractivity contribution is 5.99. The van der Waals surface area contributed by atoms with Crippen LogP contribution in [0.5, 0.6) is 0 Å². The number of primary amides is 1. The molecule has 4 N–H and O–H groups in total. The van der Waals surface area contributed by atoms with Crippen molar-refractivity contribution in [3.8, 4) is 0 Å². The summed E-state index contributed by atoms with van der Waals surface area (Å²) in [6.45, 7) is 5.24. The fourth-order valence-corrected chi connectivity index (χ4v) is 2.96. The van der Waals surface area contributed by atoms with Crippen LogP contribution in [0.25, 0.3) is 5.78 Å². The number of carbonyl (C=O) groups is 3. The molecule has 1 atom stereocenters. The van der Waals surface area contributed by atoms with E-state index in [4.69, 9.17) is 5.73 Å². The number of hydrogen-bond donors (Lipinski definition) is 3. The molecule has 162 valence electrons. The van der Waals surface area contributed by atoms with Crippen LogP contribution in [0.4, 0.5) is 4.39 Å². The van der Waals surface area contributed by atoms with Crippen molar-refractivity contribution < 1.29 is 18.8 Å². The summed E-state index contributed by atoms with van der Waals surface area (Å²) < 4.78 is 14.6. The first-order valence-corrected chi connectivity index (χ1v) is 9.51. The standard InChI is InChI=1S/C20H22FN7O3/c1-10(2)16(17(22)29)27-19(31)15-7-14(26-20-24-9-25-28(15)20)18(30)23-8-12-4-5-13(21)11(3)6-12/h4-7,9-10,16H,8H2,1-3H3,(H2,22,29)(H,23,30)(H,27,31)/t16-/m1/s1. The van der Waals surface area contributed by atoms with Gasteiger partial charge in [0.05, 0.1) is 0 Å². The van der Waals surface area contributed by atoms with Gasteiger partial charge in [-0.05, 0) is 30.0 Å². The molecule has 0 radical (unpaired) electrons. The maximum Gasteiger partial charge on any atom is 0.270 e. The van der Waals surface area contributed by atoms with E-state index in [9.17, 15) is 18.8 Å². The molecule has 2 aromatic heterocycles. The van der Waals surface area contributed by atoms with Gasteiger partial charge in [-0.25, -0.2) is 9.37 Å². The van der Waals surface area contributed by atoms with Crippen molar-refractivity contribution in [3.63, 3.8) is 0 Å². The first-order valence-electron chi connectivity index (χ1n) is 9.51. The van der Waals surface area contributed by atoms with Gasteiger partial charge in [-0.15, -0.1) is 0 Å². The van der Waals surface area contributed by atoms with Gasteiger partial charge in [0.1, 0.15) is 29.6 Å². The third-order valence-electron chi connectivity index (χ3n) is 4.65. The Morgan fingerprint density at radius 2 is 1.94 bits per heavy atom. The van der Waals surface area contributed by atoms with Crippen LogP contribution in [0, 0.1) is 18.7 Å². The molecule has 0 spiro atoms. The molecule has 3 rings (SSSR count). The van der Waals surface area contributed by atoms with Gasteiger partial charge in [0.25, 0.3) is 17.6 Å². The molecule has 0 aliphatic rings. The number of halogens is 1. The molecular formula is C20H22FN7O3. The summed E-state index contributed by atoms with van der Waals surface area (Å²) in [6.07, 6.45) is 1.19. The minimum absolute atomic E-state index is 0.0304. The molecular weight excluding hydrogens is 405 g/mol. The van der Waals surface area contributed by atoms with Crippen molar-refractivity contribution in [1.82, 2.24) is 30.2 Å². The highest BCUT2D eigenvalue weighted by Crippen LogP contribution is 2.11. The van der Waals surface area contributed by atoms with Crippen molar-refractivity contribution >= 4 is 23.5 Å². The first-order chi connectivity index (χ1) is 14.7. The van der Waals surface area contributed by atoms with E-state index in [1.165, 1.54) is 18.5 Å². The Hall–Kier alpha value is -3.89. The van der Waals surface area contributed by atoms with Gasteiger partial charge in [0.15, 0.2) is 0 Å². The number of nitrogens with zero attached hydrogens (tertiary/aromatic N) is 4. The predicted octanol–water partition coefficient (Wildman–Crippen LogP) is 0.742. The molecule has 31 heavy (non-hydrogen) atoms. The number of carbonyl (C=O) groups excluding carboxylic acids is 3. The van der Waals surface area contributed by atoms with Gasteiger partial charge in [-0.1, -0.05) is 26.0 Å². The summed E-state index contributed by atoms with van der Waals surface area (Å²) in [5, 5.41) is 9.18. The minimum atomic E-state index is -0.904. The Bertz CT molecular complexity index is 1160. The number of aryl methyl sites for hydroxylation is 1. The second kappa shape index (κ2) is 8.86. The van der Waals surface area contributed by atoms with E-state index in [-0.39, 0.29) is 35.4 Å². The summed E-state index contributed by atoms with van der Waals surface area (Å²) in [5.74, 6) is -2.43. The van der Waals surface area contributed by atoms with Gasteiger partial charge in [-0.3, -0.25) is 14.4 Å². The molecule has 0 bridgehead atoms. The van der Waals surface area contributed by atoms with E-state index < -0.39 is 23.8 Å². The summed E-state index contributed by atoms with van der Waals surface area (Å²) >= 11 is 0. The average Bonchev–Trinajstić information content (AvgIpc) is 3.19. The Kier molecular flexibility index (Phi) is 6.23. The van der Waals surface area contributed by atoms with Crippen LogP contribution < -0.4 is 16.4 Å². The number of aromatic nitrogens is 4. The van der Waals surface area contributed by atoms with Crippen LogP contribution in [-0.2, 0) is 11.3 Å². The van der Waals surface area contributed by atoms with Gasteiger partial charge in [0, 0.05) is 12.6 Å². The number of hydrogen-bond acceptors (Lipinski definition) is 6. The number of amides is 3. The highest BCUT2D eigenvalue weighted by Gasteiger charge is 2.25. The second-order valence-electron chi connectivity index (χ2n) is 7.36. The predicted molar refractivity (Wildman–Crippen MR) is 108 cm³/mol. The third kappa shape index (κ3) is 4.82. The van der Waals surface area contributed by atoms with Gasteiger partial charge >= 0.3 is 0 Å². The summed E-state index contributed by atoms with van der Waals surface area (Å²) in [5.41, 5.74) is 6.43. The average molecular weight is 427 g/mol. The number of fused-ring (bicyclic) bond motifs is 1. The maximum atomic E-state index is 13.4. The number of nitrogens with two attached hydrogens (primary N) is 1. The van der Waals surface area contributed by atoms with Crippen LogP contribution in [0.2, 0.25) is 0 Å². The molecule has 3 aromatic rings.